The number of hydrogen-bond donors (Lipinski definition) is 2. The molecule has 6 nitrogen and oxygen atoms in total. The highest BCUT2D eigenvalue weighted by Gasteiger charge is 2.23. The number of ether oxygens (including phenoxy) is 1. The third-order valence-corrected chi connectivity index (χ3v) is 3.92. The summed E-state index contributed by atoms with van der Waals surface area (Å²) in [7, 11) is 1.71. The summed E-state index contributed by atoms with van der Waals surface area (Å²) < 4.78 is 5.36. The van der Waals surface area contributed by atoms with E-state index in [4.69, 9.17) is 4.74 Å². The highest BCUT2D eigenvalue weighted by molar-refractivity contribution is 5.99. The Kier molecular flexibility index (Phi) is 3.79. The number of nitrogens with zero attached hydrogens (tertiary/aromatic N) is 1. The highest BCUT2D eigenvalue weighted by atomic mass is 16.5. The molecule has 21 heavy (non-hydrogen) atoms. The van der Waals surface area contributed by atoms with E-state index in [-0.39, 0.29) is 24.5 Å². The maximum absolute atomic E-state index is 12.0. The van der Waals surface area contributed by atoms with Crippen LogP contribution in [0.1, 0.15) is 19.3 Å². The average Bonchev–Trinajstić information content (AvgIpc) is 2.96. The third kappa shape index (κ3) is 3.00. The van der Waals surface area contributed by atoms with Crippen molar-refractivity contribution in [2.45, 2.75) is 25.3 Å². The second kappa shape index (κ2) is 5.73. The van der Waals surface area contributed by atoms with Crippen molar-refractivity contribution in [3.63, 3.8) is 0 Å². The zero-order valence-electron chi connectivity index (χ0n) is 12.0. The highest BCUT2D eigenvalue weighted by Crippen LogP contribution is 2.33. The summed E-state index contributed by atoms with van der Waals surface area (Å²) in [5, 5.41) is 6.18. The fourth-order valence-corrected chi connectivity index (χ4v) is 2.72. The molecule has 1 aromatic rings. The van der Waals surface area contributed by atoms with Gasteiger partial charge in [0.05, 0.1) is 5.69 Å². The van der Waals surface area contributed by atoms with E-state index >= 15 is 0 Å². The molecule has 3 rings (SSSR count). The van der Waals surface area contributed by atoms with Crippen LogP contribution in [0, 0.1) is 0 Å². The molecule has 0 radical (unpaired) electrons. The minimum absolute atomic E-state index is 0.0138. The zero-order chi connectivity index (χ0) is 14.8. The van der Waals surface area contributed by atoms with Crippen LogP contribution < -0.4 is 20.3 Å². The summed E-state index contributed by atoms with van der Waals surface area (Å²) in [4.78, 5) is 25.2. The van der Waals surface area contributed by atoms with Crippen LogP contribution in [0.3, 0.4) is 0 Å². The van der Waals surface area contributed by atoms with Gasteiger partial charge in [0.2, 0.25) is 5.91 Å². The lowest BCUT2D eigenvalue weighted by Gasteiger charge is -2.26. The molecule has 1 saturated heterocycles. The average molecular weight is 289 g/mol. The number of benzene rings is 1. The first-order valence-corrected chi connectivity index (χ1v) is 7.20. The summed E-state index contributed by atoms with van der Waals surface area (Å²) >= 11 is 0. The lowest BCUT2D eigenvalue weighted by atomic mass is 10.1. The summed E-state index contributed by atoms with van der Waals surface area (Å²) in [6, 6.07) is 5.62. The molecule has 2 heterocycles. The molecular weight excluding hydrogens is 270 g/mol. The van der Waals surface area contributed by atoms with E-state index in [1.165, 1.54) is 0 Å². The molecule has 1 atom stereocenters. The Morgan fingerprint density at radius 1 is 1.52 bits per heavy atom. The Morgan fingerprint density at radius 2 is 2.38 bits per heavy atom. The van der Waals surface area contributed by atoms with Crippen LogP contribution in [0.25, 0.3) is 0 Å². The fraction of sp³-hybridized carbons (Fsp3) is 0.467. The van der Waals surface area contributed by atoms with Crippen molar-refractivity contribution in [1.29, 1.82) is 0 Å². The Labute approximate surface area is 123 Å². The Hall–Kier alpha value is -2.08. The van der Waals surface area contributed by atoms with Crippen molar-refractivity contribution in [2.24, 2.45) is 0 Å². The molecule has 1 aromatic carbocycles. The van der Waals surface area contributed by atoms with Crippen molar-refractivity contribution in [2.75, 3.05) is 30.4 Å². The second-order valence-electron chi connectivity index (χ2n) is 5.47. The molecule has 6 heteroatoms. The number of hydrogen-bond acceptors (Lipinski definition) is 4. The topological polar surface area (TPSA) is 70.7 Å². The monoisotopic (exact) mass is 289 g/mol. The largest absolute Gasteiger partial charge is 0.482 e. The minimum atomic E-state index is -0.0962. The van der Waals surface area contributed by atoms with E-state index in [0.717, 1.165) is 19.4 Å². The van der Waals surface area contributed by atoms with Crippen LogP contribution in [0.2, 0.25) is 0 Å². The number of fused-ring (bicyclic) bond motifs is 1. The standard InChI is InChI=1S/C15H19N3O3/c1-18-12-7-11(4-5-13(12)21-9-15(18)20)17-14(19)8-10-3-2-6-16-10/h4-5,7,10,16H,2-3,6,8-9H2,1H3,(H,17,19). The summed E-state index contributed by atoms with van der Waals surface area (Å²) in [6.45, 7) is 1.05. The van der Waals surface area contributed by atoms with Gasteiger partial charge in [0, 0.05) is 25.2 Å². The number of likely N-dealkylation sites (N-methyl/N-ethyl adjacent to an activating group) is 1. The van der Waals surface area contributed by atoms with Gasteiger partial charge in [0.15, 0.2) is 6.61 Å². The van der Waals surface area contributed by atoms with Crippen LogP contribution in [0.5, 0.6) is 5.75 Å². The SMILES string of the molecule is CN1C(=O)COc2ccc(NC(=O)CC3CCCN3)cc21. The lowest BCUT2D eigenvalue weighted by molar-refractivity contribution is -0.121. The van der Waals surface area contributed by atoms with Gasteiger partial charge in [0.1, 0.15) is 5.75 Å². The van der Waals surface area contributed by atoms with Gasteiger partial charge in [0.25, 0.3) is 5.91 Å². The van der Waals surface area contributed by atoms with Gasteiger partial charge in [-0.3, -0.25) is 9.59 Å². The number of rotatable bonds is 3. The molecule has 2 aliphatic rings. The van der Waals surface area contributed by atoms with Gasteiger partial charge in [-0.1, -0.05) is 0 Å². The molecule has 0 saturated carbocycles. The molecule has 0 aromatic heterocycles. The molecular formula is C15H19N3O3. The summed E-state index contributed by atoms with van der Waals surface area (Å²) in [6.07, 6.45) is 2.64. The lowest BCUT2D eigenvalue weighted by Crippen LogP contribution is -2.35. The molecule has 2 amide bonds. The number of carbonyl (C=O) groups is 2. The maximum Gasteiger partial charge on any atom is 0.264 e. The number of amides is 2. The molecule has 0 spiro atoms. The van der Waals surface area contributed by atoms with Crippen molar-refractivity contribution < 1.29 is 14.3 Å². The molecule has 0 aliphatic carbocycles. The summed E-state index contributed by atoms with van der Waals surface area (Å²) in [5.41, 5.74) is 1.37. The molecule has 2 N–H and O–H groups in total. The molecule has 112 valence electrons. The van der Waals surface area contributed by atoms with E-state index < -0.39 is 0 Å². The third-order valence-electron chi connectivity index (χ3n) is 3.92. The van der Waals surface area contributed by atoms with E-state index in [0.29, 0.717) is 23.5 Å². The van der Waals surface area contributed by atoms with Gasteiger partial charge in [-0.25, -0.2) is 0 Å². The number of anilines is 2. The first-order valence-electron chi connectivity index (χ1n) is 7.20. The van der Waals surface area contributed by atoms with E-state index in [1.54, 1.807) is 30.1 Å². The van der Waals surface area contributed by atoms with Crippen molar-refractivity contribution >= 4 is 23.2 Å². The van der Waals surface area contributed by atoms with Crippen LogP contribution in [-0.2, 0) is 9.59 Å². The number of carbonyl (C=O) groups excluding carboxylic acids is 2. The van der Waals surface area contributed by atoms with E-state index in [9.17, 15) is 9.59 Å². The second-order valence-corrected chi connectivity index (χ2v) is 5.47. The van der Waals surface area contributed by atoms with Gasteiger partial charge >= 0.3 is 0 Å². The fourth-order valence-electron chi connectivity index (χ4n) is 2.72. The molecule has 2 aliphatic heterocycles. The van der Waals surface area contributed by atoms with Crippen LogP contribution >= 0.6 is 0 Å². The normalized spacial score (nSPS) is 20.9. The van der Waals surface area contributed by atoms with Gasteiger partial charge < -0.3 is 20.3 Å². The van der Waals surface area contributed by atoms with E-state index in [2.05, 4.69) is 10.6 Å². The van der Waals surface area contributed by atoms with Crippen LogP contribution in [-0.4, -0.2) is 38.1 Å². The van der Waals surface area contributed by atoms with Crippen LogP contribution in [0.4, 0.5) is 11.4 Å². The Balaban J connectivity index is 1.68. The van der Waals surface area contributed by atoms with Gasteiger partial charge in [-0.05, 0) is 37.6 Å². The molecule has 1 fully saturated rings. The number of nitrogens with one attached hydrogen (secondary N) is 2. The molecule has 1 unspecified atom stereocenters. The van der Waals surface area contributed by atoms with Gasteiger partial charge in [-0.15, -0.1) is 0 Å². The van der Waals surface area contributed by atoms with Crippen molar-refractivity contribution in [3.8, 4) is 5.75 Å². The minimum Gasteiger partial charge on any atom is -0.482 e. The van der Waals surface area contributed by atoms with Crippen LogP contribution in [0.15, 0.2) is 18.2 Å². The van der Waals surface area contributed by atoms with Crippen molar-refractivity contribution in [3.05, 3.63) is 18.2 Å². The maximum atomic E-state index is 12.0. The van der Waals surface area contributed by atoms with Crippen molar-refractivity contribution in [1.82, 2.24) is 5.32 Å². The predicted octanol–water partition coefficient (Wildman–Crippen LogP) is 1.12. The Morgan fingerprint density at radius 3 is 3.14 bits per heavy atom. The first-order chi connectivity index (χ1) is 10.1. The zero-order valence-corrected chi connectivity index (χ0v) is 12.0. The quantitative estimate of drug-likeness (QED) is 0.875. The van der Waals surface area contributed by atoms with E-state index in [1.807, 2.05) is 0 Å². The first kappa shape index (κ1) is 13.9. The van der Waals surface area contributed by atoms with Gasteiger partial charge in [-0.2, -0.15) is 0 Å². The smallest absolute Gasteiger partial charge is 0.264 e. The summed E-state index contributed by atoms with van der Waals surface area (Å²) in [5.74, 6) is 0.550. The predicted molar refractivity (Wildman–Crippen MR) is 79.6 cm³/mol. The Bertz CT molecular complexity index is 567. The molecule has 0 bridgehead atoms.